The van der Waals surface area contributed by atoms with E-state index in [1.54, 1.807) is 0 Å². The van der Waals surface area contributed by atoms with Crippen molar-refractivity contribution in [3.63, 3.8) is 0 Å². The molecule has 0 bridgehead atoms. The minimum absolute atomic E-state index is 0.593. The van der Waals surface area contributed by atoms with Gasteiger partial charge in [-0.15, -0.1) is 0 Å². The van der Waals surface area contributed by atoms with Crippen molar-refractivity contribution in [2.45, 2.75) is 106 Å². The lowest BCUT2D eigenvalue weighted by Crippen LogP contribution is -2.43. The number of nitrogens with one attached hydrogen (secondary N) is 1. The van der Waals surface area contributed by atoms with E-state index in [-0.39, 0.29) is 0 Å². The fourth-order valence-electron chi connectivity index (χ4n) is 3.69. The van der Waals surface area contributed by atoms with Crippen LogP contribution >= 0.6 is 0 Å². The number of benzene rings is 1. The van der Waals surface area contributed by atoms with Gasteiger partial charge in [-0.25, -0.2) is 0 Å². The van der Waals surface area contributed by atoms with Crippen LogP contribution in [0, 0.1) is 5.92 Å². The Labute approximate surface area is 182 Å². The van der Waals surface area contributed by atoms with Gasteiger partial charge in [-0.2, -0.15) is 0 Å². The van der Waals surface area contributed by atoms with Crippen LogP contribution in [-0.4, -0.2) is 18.3 Å². The number of hydrogen-bond donors (Lipinski definition) is 1. The summed E-state index contributed by atoms with van der Waals surface area (Å²) >= 11 is 0. The maximum Gasteiger partial charge on any atom is 0.0302 e. The zero-order valence-corrected chi connectivity index (χ0v) is 20.8. The largest absolute Gasteiger partial charge is 0.313 e. The first-order valence-corrected chi connectivity index (χ1v) is 12.2. The van der Waals surface area contributed by atoms with E-state index in [0.29, 0.717) is 12.0 Å². The van der Waals surface area contributed by atoms with Crippen molar-refractivity contribution in [3.05, 3.63) is 41.6 Å². The highest BCUT2D eigenvalue weighted by atomic mass is 14.9. The summed E-state index contributed by atoms with van der Waals surface area (Å²) < 4.78 is 0. The van der Waals surface area contributed by atoms with E-state index in [2.05, 4.69) is 56.6 Å². The minimum atomic E-state index is 0.593. The van der Waals surface area contributed by atoms with Crippen molar-refractivity contribution in [1.82, 2.24) is 5.32 Å². The molecule has 0 spiro atoms. The van der Waals surface area contributed by atoms with Crippen LogP contribution in [0.15, 0.2) is 35.5 Å². The lowest BCUT2D eigenvalue weighted by atomic mass is 9.86. The normalized spacial score (nSPS) is 21.6. The summed E-state index contributed by atoms with van der Waals surface area (Å²) in [4.78, 5) is 4.81. The summed E-state index contributed by atoms with van der Waals surface area (Å²) in [7, 11) is 0. The van der Waals surface area contributed by atoms with Gasteiger partial charge in [0.1, 0.15) is 0 Å². The van der Waals surface area contributed by atoms with E-state index in [0.717, 1.165) is 12.5 Å². The Morgan fingerprint density at radius 3 is 2.07 bits per heavy atom. The first-order chi connectivity index (χ1) is 14.2. The molecule has 0 amide bonds. The molecule has 166 valence electrons. The second-order valence-corrected chi connectivity index (χ2v) is 7.20. The van der Waals surface area contributed by atoms with Gasteiger partial charge in [0, 0.05) is 23.9 Å². The lowest BCUT2D eigenvalue weighted by molar-refractivity contribution is 0.337. The van der Waals surface area contributed by atoms with Crippen LogP contribution < -0.4 is 5.32 Å². The first kappa shape index (κ1) is 27.6. The number of aliphatic imine (C=N–C) groups is 1. The molecular formula is C27H48N2. The molecule has 1 aromatic carbocycles. The number of hydrogen-bond acceptors (Lipinski definition) is 2. The Hall–Kier alpha value is -1.41. The third-order valence-electron chi connectivity index (χ3n) is 5.44. The average molecular weight is 401 g/mol. The minimum Gasteiger partial charge on any atom is -0.313 e. The van der Waals surface area contributed by atoms with Gasteiger partial charge in [-0.3, -0.25) is 4.99 Å². The first-order valence-electron chi connectivity index (χ1n) is 12.2. The standard InChI is InChI=1S/C21H30N2.3C2H6/c1-4-21-20(6-5-13-22-21)16(3)23-14-15(2)17-7-9-18(10-8-17)19-11-12-19;3*1-2/h7-10,14,19-22H,4-6,11-13H2,1-3H3;3*1-2H3/b15-14+,23-16?;;;. The molecule has 1 heterocycles. The fourth-order valence-corrected chi connectivity index (χ4v) is 3.69. The highest BCUT2D eigenvalue weighted by Crippen LogP contribution is 2.40. The summed E-state index contributed by atoms with van der Waals surface area (Å²) in [6.45, 7) is 19.8. The van der Waals surface area contributed by atoms with E-state index in [4.69, 9.17) is 4.99 Å². The quantitative estimate of drug-likeness (QED) is 0.494. The number of rotatable bonds is 5. The van der Waals surface area contributed by atoms with E-state index >= 15 is 0 Å². The fraction of sp³-hybridized carbons (Fsp3) is 0.667. The molecule has 2 nitrogen and oxygen atoms in total. The molecule has 1 saturated heterocycles. The van der Waals surface area contributed by atoms with Gasteiger partial charge in [-0.1, -0.05) is 72.7 Å². The smallest absolute Gasteiger partial charge is 0.0302 e. The van der Waals surface area contributed by atoms with Gasteiger partial charge >= 0.3 is 0 Å². The van der Waals surface area contributed by atoms with Crippen molar-refractivity contribution >= 4 is 11.3 Å². The van der Waals surface area contributed by atoms with Crippen LogP contribution in [0.2, 0.25) is 0 Å². The molecule has 1 aromatic rings. The number of allylic oxidation sites excluding steroid dienone is 1. The van der Waals surface area contributed by atoms with Crippen molar-refractivity contribution in [3.8, 4) is 0 Å². The molecular weight excluding hydrogens is 352 g/mol. The summed E-state index contributed by atoms with van der Waals surface area (Å²) in [6, 6.07) is 9.68. The van der Waals surface area contributed by atoms with Crippen molar-refractivity contribution in [1.29, 1.82) is 0 Å². The van der Waals surface area contributed by atoms with Crippen LogP contribution in [0.1, 0.15) is 111 Å². The Bertz CT molecular complexity index is 579. The lowest BCUT2D eigenvalue weighted by Gasteiger charge is -2.31. The molecule has 2 heteroatoms. The highest BCUT2D eigenvalue weighted by molar-refractivity contribution is 5.86. The predicted octanol–water partition coefficient (Wildman–Crippen LogP) is 8.24. The van der Waals surface area contributed by atoms with E-state index < -0.39 is 0 Å². The van der Waals surface area contributed by atoms with Crippen LogP contribution in [0.25, 0.3) is 5.57 Å². The predicted molar refractivity (Wildman–Crippen MR) is 134 cm³/mol. The molecule has 2 aliphatic rings. The Morgan fingerprint density at radius 2 is 1.55 bits per heavy atom. The summed E-state index contributed by atoms with van der Waals surface area (Å²) in [5.41, 5.74) is 5.32. The molecule has 1 saturated carbocycles. The molecule has 0 aromatic heterocycles. The Balaban J connectivity index is 0.00000120. The van der Waals surface area contributed by atoms with Crippen LogP contribution in [-0.2, 0) is 0 Å². The second kappa shape index (κ2) is 16.4. The van der Waals surface area contributed by atoms with E-state index in [1.807, 2.05) is 41.5 Å². The highest BCUT2D eigenvalue weighted by Gasteiger charge is 2.25. The van der Waals surface area contributed by atoms with Crippen molar-refractivity contribution in [2.24, 2.45) is 10.9 Å². The maximum absolute atomic E-state index is 4.81. The van der Waals surface area contributed by atoms with Crippen molar-refractivity contribution in [2.75, 3.05) is 6.54 Å². The summed E-state index contributed by atoms with van der Waals surface area (Å²) in [5.74, 6) is 1.42. The number of nitrogens with zero attached hydrogens (tertiary/aromatic N) is 1. The molecule has 0 radical (unpaired) electrons. The molecule has 2 unspecified atom stereocenters. The Morgan fingerprint density at radius 1 is 0.966 bits per heavy atom. The van der Waals surface area contributed by atoms with Gasteiger partial charge < -0.3 is 5.32 Å². The zero-order chi connectivity index (χ0) is 22.2. The summed E-state index contributed by atoms with van der Waals surface area (Å²) in [6.07, 6.45) is 8.51. The molecule has 2 fully saturated rings. The van der Waals surface area contributed by atoms with E-state index in [9.17, 15) is 0 Å². The van der Waals surface area contributed by atoms with Gasteiger partial charge in [0.25, 0.3) is 0 Å². The third-order valence-corrected chi connectivity index (χ3v) is 5.44. The molecule has 3 rings (SSSR count). The van der Waals surface area contributed by atoms with Crippen LogP contribution in [0.5, 0.6) is 0 Å². The topological polar surface area (TPSA) is 24.4 Å². The van der Waals surface area contributed by atoms with Gasteiger partial charge in [-0.05, 0) is 75.1 Å². The SMILES string of the molecule is CC.CC.CC.CCC1NCCCC1C(C)=N/C=C(\C)c1ccc(C2CC2)cc1. The van der Waals surface area contributed by atoms with Crippen LogP contribution in [0.3, 0.4) is 0 Å². The average Bonchev–Trinajstić information content (AvgIpc) is 3.67. The third kappa shape index (κ3) is 9.30. The summed E-state index contributed by atoms with van der Waals surface area (Å²) in [5, 5.41) is 3.64. The van der Waals surface area contributed by atoms with Gasteiger partial charge in [0.2, 0.25) is 0 Å². The van der Waals surface area contributed by atoms with Gasteiger partial charge in [0.05, 0.1) is 0 Å². The second-order valence-electron chi connectivity index (χ2n) is 7.20. The molecule has 1 aliphatic carbocycles. The van der Waals surface area contributed by atoms with E-state index in [1.165, 1.54) is 54.5 Å². The van der Waals surface area contributed by atoms with Crippen molar-refractivity contribution < 1.29 is 0 Å². The molecule has 29 heavy (non-hydrogen) atoms. The number of piperidine rings is 1. The van der Waals surface area contributed by atoms with Crippen LogP contribution in [0.4, 0.5) is 0 Å². The Kier molecular flexibility index (Phi) is 15.6. The monoisotopic (exact) mass is 400 g/mol. The molecule has 1 aliphatic heterocycles. The molecule has 1 N–H and O–H groups in total. The zero-order valence-electron chi connectivity index (χ0n) is 20.8. The molecule has 2 atom stereocenters. The maximum atomic E-state index is 4.81. The van der Waals surface area contributed by atoms with Gasteiger partial charge in [0.15, 0.2) is 0 Å².